The fraction of sp³-hybridized carbons (Fsp3) is 0.455. The van der Waals surface area contributed by atoms with Gasteiger partial charge in [-0.2, -0.15) is 0 Å². The second-order valence-electron chi connectivity index (χ2n) is 3.63. The van der Waals surface area contributed by atoms with Crippen LogP contribution in [0.3, 0.4) is 0 Å². The highest BCUT2D eigenvalue weighted by Crippen LogP contribution is 1.98. The molecule has 0 aliphatic rings. The first kappa shape index (κ1) is 14.0. The third-order valence-corrected chi connectivity index (χ3v) is 2.25. The van der Waals surface area contributed by atoms with Gasteiger partial charge in [0.15, 0.2) is 0 Å². The summed E-state index contributed by atoms with van der Waals surface area (Å²) in [6, 6.07) is 0.203. The van der Waals surface area contributed by atoms with Gasteiger partial charge in [-0.3, -0.25) is 0 Å². The number of ether oxygens (including phenoxy) is 1. The minimum atomic E-state index is -1.09. The van der Waals surface area contributed by atoms with E-state index in [2.05, 4.69) is 10.6 Å². The lowest BCUT2D eigenvalue weighted by atomic mass is 10.2. The van der Waals surface area contributed by atoms with E-state index in [1.165, 1.54) is 19.6 Å². The van der Waals surface area contributed by atoms with Crippen molar-refractivity contribution >= 4 is 12.0 Å². The number of methoxy groups -OCH3 is 1. The number of urea groups is 1. The summed E-state index contributed by atoms with van der Waals surface area (Å²) in [5.41, 5.74) is 0.800. The Labute approximate surface area is 104 Å². The summed E-state index contributed by atoms with van der Waals surface area (Å²) in [6.07, 6.45) is 3.21. The minimum Gasteiger partial charge on any atom is -0.480 e. The molecule has 0 saturated carbocycles. The van der Waals surface area contributed by atoms with Crippen molar-refractivity contribution < 1.29 is 23.8 Å². The first-order valence-electron chi connectivity index (χ1n) is 5.40. The van der Waals surface area contributed by atoms with E-state index in [-0.39, 0.29) is 19.6 Å². The van der Waals surface area contributed by atoms with Crippen LogP contribution in [0.15, 0.2) is 23.0 Å². The summed E-state index contributed by atoms with van der Waals surface area (Å²) < 4.78 is 9.61. The minimum absolute atomic E-state index is 0.213. The molecule has 0 aromatic carbocycles. The van der Waals surface area contributed by atoms with Crippen molar-refractivity contribution in [1.29, 1.82) is 0 Å². The molecular weight excluding hydrogens is 240 g/mol. The standard InChI is InChI=1S/C11H16N2O5/c1-17-4-3-9(10(14)15)13-11(16)12-6-8-2-5-18-7-8/h2,5,7,9H,3-4,6H2,1H3,(H,14,15)(H2,12,13,16). The lowest BCUT2D eigenvalue weighted by Crippen LogP contribution is -2.46. The van der Waals surface area contributed by atoms with Crippen LogP contribution >= 0.6 is 0 Å². The summed E-state index contributed by atoms with van der Waals surface area (Å²) in [5, 5.41) is 13.8. The molecule has 0 aliphatic heterocycles. The Morgan fingerprint density at radius 1 is 1.56 bits per heavy atom. The molecule has 1 rings (SSSR count). The molecule has 3 N–H and O–H groups in total. The zero-order valence-electron chi connectivity index (χ0n) is 10.0. The van der Waals surface area contributed by atoms with E-state index in [0.29, 0.717) is 0 Å². The molecule has 0 radical (unpaired) electrons. The summed E-state index contributed by atoms with van der Waals surface area (Å²) in [7, 11) is 1.47. The van der Waals surface area contributed by atoms with E-state index in [4.69, 9.17) is 14.3 Å². The molecule has 1 unspecified atom stereocenters. The van der Waals surface area contributed by atoms with Crippen LogP contribution in [-0.4, -0.2) is 36.9 Å². The molecule has 7 nitrogen and oxygen atoms in total. The molecule has 1 heterocycles. The number of hydrogen-bond acceptors (Lipinski definition) is 4. The lowest BCUT2D eigenvalue weighted by molar-refractivity contribution is -0.139. The number of carboxylic acid groups (broad SMARTS) is 1. The van der Waals surface area contributed by atoms with Crippen molar-refractivity contribution in [3.63, 3.8) is 0 Å². The monoisotopic (exact) mass is 256 g/mol. The zero-order valence-corrected chi connectivity index (χ0v) is 10.0. The number of nitrogens with one attached hydrogen (secondary N) is 2. The highest BCUT2D eigenvalue weighted by molar-refractivity contribution is 5.82. The number of carboxylic acids is 1. The SMILES string of the molecule is COCCC(NC(=O)NCc1ccoc1)C(=O)O. The van der Waals surface area contributed by atoms with Crippen molar-refractivity contribution in [1.82, 2.24) is 10.6 Å². The topological polar surface area (TPSA) is 101 Å². The van der Waals surface area contributed by atoms with Gasteiger partial charge in [-0.05, 0) is 6.07 Å². The summed E-state index contributed by atoms with van der Waals surface area (Å²) in [6.45, 7) is 0.540. The van der Waals surface area contributed by atoms with E-state index in [1.807, 2.05) is 0 Å². The van der Waals surface area contributed by atoms with Crippen LogP contribution in [0.1, 0.15) is 12.0 Å². The zero-order chi connectivity index (χ0) is 13.4. The van der Waals surface area contributed by atoms with Crippen molar-refractivity contribution in [3.8, 4) is 0 Å². The van der Waals surface area contributed by atoms with Crippen LogP contribution in [0, 0.1) is 0 Å². The van der Waals surface area contributed by atoms with Gasteiger partial charge in [-0.1, -0.05) is 0 Å². The maximum Gasteiger partial charge on any atom is 0.326 e. The molecule has 0 saturated heterocycles. The van der Waals surface area contributed by atoms with Gasteiger partial charge in [0.2, 0.25) is 0 Å². The fourth-order valence-corrected chi connectivity index (χ4v) is 1.28. The highest BCUT2D eigenvalue weighted by atomic mass is 16.5. The molecule has 100 valence electrons. The van der Waals surface area contributed by atoms with Crippen molar-refractivity contribution in [2.24, 2.45) is 0 Å². The normalized spacial score (nSPS) is 11.8. The largest absolute Gasteiger partial charge is 0.480 e. The van der Waals surface area contributed by atoms with Gasteiger partial charge < -0.3 is 24.9 Å². The van der Waals surface area contributed by atoms with Crippen LogP contribution in [0.5, 0.6) is 0 Å². The summed E-state index contributed by atoms with van der Waals surface area (Å²) in [5.74, 6) is -1.09. The summed E-state index contributed by atoms with van der Waals surface area (Å²) in [4.78, 5) is 22.3. The number of furan rings is 1. The molecule has 1 aromatic rings. The number of aliphatic carboxylic acids is 1. The van der Waals surface area contributed by atoms with Crippen LogP contribution in [0.2, 0.25) is 0 Å². The highest BCUT2D eigenvalue weighted by Gasteiger charge is 2.19. The fourth-order valence-electron chi connectivity index (χ4n) is 1.28. The van der Waals surface area contributed by atoms with E-state index in [0.717, 1.165) is 5.56 Å². The maximum atomic E-state index is 11.5. The Morgan fingerprint density at radius 2 is 2.33 bits per heavy atom. The quantitative estimate of drug-likeness (QED) is 0.662. The van der Waals surface area contributed by atoms with Gasteiger partial charge in [0.05, 0.1) is 12.5 Å². The molecule has 0 spiro atoms. The van der Waals surface area contributed by atoms with E-state index in [1.54, 1.807) is 6.07 Å². The smallest absolute Gasteiger partial charge is 0.326 e. The van der Waals surface area contributed by atoms with Crippen LogP contribution < -0.4 is 10.6 Å². The Bertz CT molecular complexity index is 377. The first-order chi connectivity index (χ1) is 8.63. The third-order valence-electron chi connectivity index (χ3n) is 2.25. The van der Waals surface area contributed by atoms with Crippen molar-refractivity contribution in [3.05, 3.63) is 24.2 Å². The summed E-state index contributed by atoms with van der Waals surface area (Å²) >= 11 is 0. The molecule has 0 bridgehead atoms. The van der Waals surface area contributed by atoms with Crippen molar-refractivity contribution in [2.45, 2.75) is 19.0 Å². The lowest BCUT2D eigenvalue weighted by Gasteiger charge is -2.14. The number of carbonyl (C=O) groups excluding carboxylic acids is 1. The molecule has 0 aliphatic carbocycles. The predicted molar refractivity (Wildman–Crippen MR) is 62.0 cm³/mol. The van der Waals surface area contributed by atoms with Gasteiger partial charge in [0.1, 0.15) is 6.04 Å². The average molecular weight is 256 g/mol. The van der Waals surface area contributed by atoms with Gasteiger partial charge in [-0.25, -0.2) is 9.59 Å². The van der Waals surface area contributed by atoms with Crippen molar-refractivity contribution in [2.75, 3.05) is 13.7 Å². The van der Waals surface area contributed by atoms with E-state index in [9.17, 15) is 9.59 Å². The molecular formula is C11H16N2O5. The molecule has 2 amide bonds. The number of rotatable bonds is 7. The molecule has 1 atom stereocenters. The van der Waals surface area contributed by atoms with Gasteiger partial charge >= 0.3 is 12.0 Å². The first-order valence-corrected chi connectivity index (χ1v) is 5.40. The van der Waals surface area contributed by atoms with Gasteiger partial charge in [0.25, 0.3) is 0 Å². The van der Waals surface area contributed by atoms with Gasteiger partial charge in [-0.15, -0.1) is 0 Å². The third kappa shape index (κ3) is 4.88. The predicted octanol–water partition coefficient (Wildman–Crippen LogP) is 0.568. The van der Waals surface area contributed by atoms with Crippen LogP contribution in [0.25, 0.3) is 0 Å². The van der Waals surface area contributed by atoms with Crippen LogP contribution in [0.4, 0.5) is 4.79 Å². The molecule has 18 heavy (non-hydrogen) atoms. The molecule has 0 fully saturated rings. The molecule has 1 aromatic heterocycles. The second kappa shape index (κ2) is 7.33. The Hall–Kier alpha value is -2.02. The van der Waals surface area contributed by atoms with Gasteiger partial charge in [0, 0.05) is 32.2 Å². The van der Waals surface area contributed by atoms with Crippen LogP contribution in [-0.2, 0) is 16.1 Å². The number of carbonyl (C=O) groups is 2. The Morgan fingerprint density at radius 3 is 2.89 bits per heavy atom. The average Bonchev–Trinajstić information content (AvgIpc) is 2.84. The Balaban J connectivity index is 2.34. The van der Waals surface area contributed by atoms with E-state index >= 15 is 0 Å². The molecule has 7 heteroatoms. The van der Waals surface area contributed by atoms with E-state index < -0.39 is 18.0 Å². The number of amides is 2. The second-order valence-corrected chi connectivity index (χ2v) is 3.63. The maximum absolute atomic E-state index is 11.5. The Kier molecular flexibility index (Phi) is 5.72. The number of hydrogen-bond donors (Lipinski definition) is 3.